The van der Waals surface area contributed by atoms with E-state index in [2.05, 4.69) is 20.6 Å². The quantitative estimate of drug-likeness (QED) is 0.909. The van der Waals surface area contributed by atoms with E-state index in [1.165, 1.54) is 6.20 Å². The van der Waals surface area contributed by atoms with Crippen molar-refractivity contribution in [3.63, 3.8) is 0 Å². The summed E-state index contributed by atoms with van der Waals surface area (Å²) in [6, 6.07) is 5.17. The summed E-state index contributed by atoms with van der Waals surface area (Å²) in [5.74, 6) is 1.00. The number of ether oxygens (including phenoxy) is 1. The number of hydrogen-bond donors (Lipinski definition) is 2. The summed E-state index contributed by atoms with van der Waals surface area (Å²) in [6.07, 6.45) is 1.52. The van der Waals surface area contributed by atoms with Crippen molar-refractivity contribution in [2.75, 3.05) is 17.7 Å². The number of rotatable bonds is 3. The van der Waals surface area contributed by atoms with E-state index in [1.807, 2.05) is 32.9 Å². The first-order valence-corrected chi connectivity index (χ1v) is 6.52. The number of nitrogens with one attached hydrogen (secondary N) is 2. The lowest BCUT2D eigenvalue weighted by molar-refractivity contribution is 0.262. The van der Waals surface area contributed by atoms with Gasteiger partial charge in [0.15, 0.2) is 5.82 Å². The molecular formula is C15H18N4O2. The topological polar surface area (TPSA) is 76.1 Å². The molecule has 0 fully saturated rings. The van der Waals surface area contributed by atoms with Gasteiger partial charge < -0.3 is 10.1 Å². The molecule has 0 unspecified atom stereocenters. The molecule has 0 aliphatic heterocycles. The summed E-state index contributed by atoms with van der Waals surface area (Å²) in [5.41, 5.74) is 3.24. The molecule has 6 heteroatoms. The van der Waals surface area contributed by atoms with E-state index < -0.39 is 6.03 Å². The number of nitrogens with zero attached hydrogens (tertiary/aromatic N) is 2. The maximum atomic E-state index is 12.0. The van der Waals surface area contributed by atoms with E-state index in [0.29, 0.717) is 17.3 Å². The Balaban J connectivity index is 2.11. The van der Waals surface area contributed by atoms with Gasteiger partial charge in [-0.05, 0) is 38.5 Å². The lowest BCUT2D eigenvalue weighted by atomic mass is 10.2. The summed E-state index contributed by atoms with van der Waals surface area (Å²) < 4.78 is 5.22. The van der Waals surface area contributed by atoms with E-state index in [9.17, 15) is 4.79 Å². The minimum Gasteiger partial charge on any atom is -0.495 e. The van der Waals surface area contributed by atoms with E-state index in [4.69, 9.17) is 4.74 Å². The van der Waals surface area contributed by atoms with E-state index in [1.54, 1.807) is 13.2 Å². The Kier molecular flexibility index (Phi) is 4.37. The Bertz CT molecular complexity index is 671. The fourth-order valence-corrected chi connectivity index (χ4v) is 1.79. The number of carbonyl (C=O) groups excluding carboxylic acids is 1. The molecule has 1 aromatic heterocycles. The zero-order chi connectivity index (χ0) is 15.4. The molecule has 1 aromatic carbocycles. The predicted molar refractivity (Wildman–Crippen MR) is 81.9 cm³/mol. The largest absolute Gasteiger partial charge is 0.495 e. The maximum absolute atomic E-state index is 12.0. The highest BCUT2D eigenvalue weighted by atomic mass is 16.5. The zero-order valence-corrected chi connectivity index (χ0v) is 12.5. The summed E-state index contributed by atoms with van der Waals surface area (Å²) >= 11 is 0. The minimum absolute atomic E-state index is 0.392. The highest BCUT2D eigenvalue weighted by Crippen LogP contribution is 2.25. The van der Waals surface area contributed by atoms with Gasteiger partial charge >= 0.3 is 6.03 Å². The molecule has 0 saturated heterocycles. The van der Waals surface area contributed by atoms with Crippen LogP contribution in [-0.4, -0.2) is 23.1 Å². The fraction of sp³-hybridized carbons (Fsp3) is 0.267. The lowest BCUT2D eigenvalue weighted by Crippen LogP contribution is -2.21. The second-order valence-corrected chi connectivity index (χ2v) is 4.71. The molecule has 1 heterocycles. The third-order valence-corrected chi connectivity index (χ3v) is 3.04. The van der Waals surface area contributed by atoms with Gasteiger partial charge in [-0.2, -0.15) is 0 Å². The second kappa shape index (κ2) is 6.21. The van der Waals surface area contributed by atoms with Crippen LogP contribution in [0.5, 0.6) is 5.75 Å². The molecule has 0 aliphatic rings. The molecule has 2 amide bonds. The summed E-state index contributed by atoms with van der Waals surface area (Å²) in [5, 5.41) is 5.39. The van der Waals surface area contributed by atoms with Crippen LogP contribution in [0.1, 0.15) is 17.0 Å². The van der Waals surface area contributed by atoms with Crippen molar-refractivity contribution < 1.29 is 9.53 Å². The van der Waals surface area contributed by atoms with Crippen LogP contribution in [0.4, 0.5) is 16.3 Å². The molecule has 0 bridgehead atoms. The van der Waals surface area contributed by atoms with Crippen LogP contribution >= 0.6 is 0 Å². The SMILES string of the molecule is COc1ccc(C)cc1NC(=O)Nc1cnc(C)c(C)n1. The van der Waals surface area contributed by atoms with Crippen LogP contribution in [-0.2, 0) is 0 Å². The number of aryl methyl sites for hydroxylation is 3. The van der Waals surface area contributed by atoms with Crippen molar-refractivity contribution in [1.29, 1.82) is 0 Å². The average molecular weight is 286 g/mol. The molecular weight excluding hydrogens is 268 g/mol. The van der Waals surface area contributed by atoms with Crippen LogP contribution in [0.15, 0.2) is 24.4 Å². The number of amides is 2. The van der Waals surface area contributed by atoms with Gasteiger partial charge in [0.25, 0.3) is 0 Å². The van der Waals surface area contributed by atoms with Crippen molar-refractivity contribution in [1.82, 2.24) is 9.97 Å². The molecule has 21 heavy (non-hydrogen) atoms. The fourth-order valence-electron chi connectivity index (χ4n) is 1.79. The monoisotopic (exact) mass is 286 g/mol. The predicted octanol–water partition coefficient (Wildman–Crippen LogP) is 3.05. The van der Waals surface area contributed by atoms with Gasteiger partial charge in [0.2, 0.25) is 0 Å². The van der Waals surface area contributed by atoms with Crippen LogP contribution in [0, 0.1) is 20.8 Å². The molecule has 0 saturated carbocycles. The van der Waals surface area contributed by atoms with E-state index in [0.717, 1.165) is 17.0 Å². The van der Waals surface area contributed by atoms with Gasteiger partial charge in [-0.3, -0.25) is 10.3 Å². The molecule has 2 rings (SSSR count). The van der Waals surface area contributed by atoms with Crippen molar-refractivity contribution in [3.05, 3.63) is 41.3 Å². The minimum atomic E-state index is -0.392. The van der Waals surface area contributed by atoms with Crippen LogP contribution in [0.25, 0.3) is 0 Å². The second-order valence-electron chi connectivity index (χ2n) is 4.71. The molecule has 0 aliphatic carbocycles. The number of benzene rings is 1. The summed E-state index contributed by atoms with van der Waals surface area (Å²) in [4.78, 5) is 20.4. The first-order chi connectivity index (χ1) is 9.99. The zero-order valence-electron chi connectivity index (χ0n) is 12.5. The number of urea groups is 1. The number of aromatic nitrogens is 2. The maximum Gasteiger partial charge on any atom is 0.324 e. The average Bonchev–Trinajstić information content (AvgIpc) is 2.43. The highest BCUT2D eigenvalue weighted by molar-refractivity contribution is 6.00. The van der Waals surface area contributed by atoms with Gasteiger partial charge in [-0.1, -0.05) is 6.07 Å². The van der Waals surface area contributed by atoms with Crippen LogP contribution in [0.3, 0.4) is 0 Å². The molecule has 0 radical (unpaired) electrons. The standard InChI is InChI=1S/C15H18N4O2/c1-9-5-6-13(21-4)12(7-9)18-15(20)19-14-8-16-10(2)11(3)17-14/h5-8H,1-4H3,(H2,17,18,19,20). The molecule has 6 nitrogen and oxygen atoms in total. The van der Waals surface area contributed by atoms with Crippen molar-refractivity contribution in [2.24, 2.45) is 0 Å². The van der Waals surface area contributed by atoms with Crippen molar-refractivity contribution in [3.8, 4) is 5.75 Å². The normalized spacial score (nSPS) is 10.1. The molecule has 110 valence electrons. The molecule has 2 aromatic rings. The first kappa shape index (κ1) is 14.8. The molecule has 0 spiro atoms. The number of carbonyl (C=O) groups is 1. The van der Waals surface area contributed by atoms with E-state index in [-0.39, 0.29) is 0 Å². The Hall–Kier alpha value is -2.63. The van der Waals surface area contributed by atoms with Gasteiger partial charge in [0.1, 0.15) is 5.75 Å². The third kappa shape index (κ3) is 3.68. The van der Waals surface area contributed by atoms with Gasteiger partial charge in [0, 0.05) is 0 Å². The summed E-state index contributed by atoms with van der Waals surface area (Å²) in [7, 11) is 1.56. The number of anilines is 2. The Morgan fingerprint density at radius 1 is 1.14 bits per heavy atom. The third-order valence-electron chi connectivity index (χ3n) is 3.04. The lowest BCUT2D eigenvalue weighted by Gasteiger charge is -2.12. The van der Waals surface area contributed by atoms with Crippen LogP contribution < -0.4 is 15.4 Å². The Morgan fingerprint density at radius 3 is 2.57 bits per heavy atom. The Morgan fingerprint density at radius 2 is 1.90 bits per heavy atom. The summed E-state index contributed by atoms with van der Waals surface area (Å²) in [6.45, 7) is 5.65. The first-order valence-electron chi connectivity index (χ1n) is 6.52. The molecule has 2 N–H and O–H groups in total. The number of hydrogen-bond acceptors (Lipinski definition) is 4. The number of methoxy groups -OCH3 is 1. The Labute approximate surface area is 123 Å². The van der Waals surface area contributed by atoms with Gasteiger partial charge in [-0.15, -0.1) is 0 Å². The van der Waals surface area contributed by atoms with Crippen molar-refractivity contribution in [2.45, 2.75) is 20.8 Å². The smallest absolute Gasteiger partial charge is 0.324 e. The molecule has 0 atom stereocenters. The highest BCUT2D eigenvalue weighted by Gasteiger charge is 2.09. The van der Waals surface area contributed by atoms with Crippen LogP contribution in [0.2, 0.25) is 0 Å². The van der Waals surface area contributed by atoms with E-state index >= 15 is 0 Å². The van der Waals surface area contributed by atoms with Gasteiger partial charge in [0.05, 0.1) is 30.4 Å². The van der Waals surface area contributed by atoms with Crippen molar-refractivity contribution >= 4 is 17.5 Å². The van der Waals surface area contributed by atoms with Gasteiger partial charge in [-0.25, -0.2) is 9.78 Å².